The van der Waals surface area contributed by atoms with E-state index in [1.807, 2.05) is 35.8 Å². The first-order valence-electron chi connectivity index (χ1n) is 10.7. The van der Waals surface area contributed by atoms with E-state index in [0.717, 1.165) is 44.5 Å². The smallest absolute Gasteiger partial charge is 0.142 e. The van der Waals surface area contributed by atoms with Crippen LogP contribution in [0.4, 0.5) is 5.82 Å². The second-order valence-electron chi connectivity index (χ2n) is 7.78. The standard InChI is InChI=1S/C22H19N3OS.C6H4/c1-4-17-11-13-27-20(17)19-22(25-12-5-6-15(2)21(25)24-19)23-14-16-7-9-18(26-3)10-8-16;1-2-5-4-6(5)3-1/h1,5-13,23H,14H2,2-3H3;1-4H. The van der Waals surface area contributed by atoms with Crippen molar-refractivity contribution in [3.8, 4) is 39.8 Å². The molecule has 0 radical (unpaired) electrons. The SMILES string of the molecule is C#Cc1ccsc1-c1nc2c(C)cccn2c1NCc1ccc(OC)cc1.c1cc2cc-2c1. The normalized spacial score (nSPS) is 10.8. The zero-order valence-electron chi connectivity index (χ0n) is 18.5. The number of methoxy groups -OCH3 is 1. The molecule has 3 aromatic heterocycles. The number of thiophene rings is 1. The second-order valence-corrected chi connectivity index (χ2v) is 8.70. The van der Waals surface area contributed by atoms with Crippen LogP contribution < -0.4 is 10.1 Å². The fourth-order valence-corrected chi connectivity index (χ4v) is 4.59. The van der Waals surface area contributed by atoms with Crippen molar-refractivity contribution in [2.75, 3.05) is 12.4 Å². The minimum absolute atomic E-state index is 0.676. The van der Waals surface area contributed by atoms with Crippen molar-refractivity contribution in [3.63, 3.8) is 0 Å². The first-order valence-corrected chi connectivity index (χ1v) is 11.6. The average Bonchev–Trinajstić information content (AvgIpc) is 3.20. The summed E-state index contributed by atoms with van der Waals surface area (Å²) in [6.07, 6.45) is 7.71. The van der Waals surface area contributed by atoms with Gasteiger partial charge in [0.2, 0.25) is 0 Å². The zero-order valence-corrected chi connectivity index (χ0v) is 19.3. The van der Waals surface area contributed by atoms with Gasteiger partial charge in [0.15, 0.2) is 0 Å². The molecule has 0 saturated heterocycles. The summed E-state index contributed by atoms with van der Waals surface area (Å²) in [5.41, 5.74) is 7.82. The Labute approximate surface area is 197 Å². The van der Waals surface area contributed by atoms with Crippen LogP contribution in [0, 0.1) is 19.3 Å². The highest BCUT2D eigenvalue weighted by Crippen LogP contribution is 2.36. The van der Waals surface area contributed by atoms with Gasteiger partial charge in [0.25, 0.3) is 0 Å². The summed E-state index contributed by atoms with van der Waals surface area (Å²) in [7, 11) is 1.67. The third-order valence-electron chi connectivity index (χ3n) is 5.61. The number of pyridine rings is 1. The predicted molar refractivity (Wildman–Crippen MR) is 137 cm³/mol. The van der Waals surface area contributed by atoms with Crippen molar-refractivity contribution in [1.29, 1.82) is 0 Å². The van der Waals surface area contributed by atoms with Gasteiger partial charge in [-0.2, -0.15) is 0 Å². The fraction of sp³-hybridized carbons (Fsp3) is 0.107. The van der Waals surface area contributed by atoms with Gasteiger partial charge in [-0.3, -0.25) is 4.40 Å². The average molecular weight is 450 g/mol. The lowest BCUT2D eigenvalue weighted by Gasteiger charge is -2.09. The minimum atomic E-state index is 0.676. The number of aryl methyl sites for hydroxylation is 1. The van der Waals surface area contributed by atoms with Gasteiger partial charge < -0.3 is 10.1 Å². The van der Waals surface area contributed by atoms with E-state index in [1.165, 1.54) is 11.1 Å². The van der Waals surface area contributed by atoms with E-state index in [0.29, 0.717) is 6.54 Å². The number of imidazole rings is 1. The number of aromatic nitrogens is 2. The summed E-state index contributed by atoms with van der Waals surface area (Å²) < 4.78 is 7.32. The third-order valence-corrected chi connectivity index (χ3v) is 6.53. The number of terminal acetylenes is 1. The highest BCUT2D eigenvalue weighted by molar-refractivity contribution is 7.13. The fourth-order valence-electron chi connectivity index (χ4n) is 3.74. The molecule has 4 nitrogen and oxygen atoms in total. The summed E-state index contributed by atoms with van der Waals surface area (Å²) in [5.74, 6) is 4.56. The van der Waals surface area contributed by atoms with Crippen LogP contribution in [0.3, 0.4) is 0 Å². The van der Waals surface area contributed by atoms with Crippen LogP contribution >= 0.6 is 11.3 Å². The Morgan fingerprint density at radius 1 is 1.06 bits per heavy atom. The Kier molecular flexibility index (Phi) is 5.60. The number of hydrogen-bond donors (Lipinski definition) is 1. The quantitative estimate of drug-likeness (QED) is 0.300. The molecule has 162 valence electrons. The molecule has 3 heterocycles. The highest BCUT2D eigenvalue weighted by atomic mass is 32.1. The lowest BCUT2D eigenvalue weighted by Crippen LogP contribution is -2.03. The first kappa shape index (κ1) is 20.9. The molecule has 33 heavy (non-hydrogen) atoms. The Morgan fingerprint density at radius 2 is 1.85 bits per heavy atom. The number of anilines is 1. The van der Waals surface area contributed by atoms with E-state index in [9.17, 15) is 0 Å². The second kappa shape index (κ2) is 8.85. The highest BCUT2D eigenvalue weighted by Gasteiger charge is 2.18. The molecular weight excluding hydrogens is 426 g/mol. The first-order chi connectivity index (χ1) is 16.2. The van der Waals surface area contributed by atoms with Crippen molar-refractivity contribution < 1.29 is 4.74 Å². The largest absolute Gasteiger partial charge is 0.497 e. The molecular formula is C28H23N3OS. The topological polar surface area (TPSA) is 38.6 Å². The third kappa shape index (κ3) is 4.21. The number of rotatable bonds is 5. The van der Waals surface area contributed by atoms with Crippen LogP contribution in [0.25, 0.3) is 27.3 Å². The molecule has 0 saturated carbocycles. The van der Waals surface area contributed by atoms with Crippen LogP contribution in [0.15, 0.2) is 78.3 Å². The van der Waals surface area contributed by atoms with E-state index >= 15 is 0 Å². The lowest BCUT2D eigenvalue weighted by atomic mass is 10.2. The van der Waals surface area contributed by atoms with Crippen molar-refractivity contribution in [2.45, 2.75) is 13.5 Å². The van der Waals surface area contributed by atoms with E-state index in [-0.39, 0.29) is 0 Å². The Balaban J connectivity index is 0.000000324. The molecule has 0 bridgehead atoms. The number of benzene rings is 2. The summed E-state index contributed by atoms with van der Waals surface area (Å²) in [6.45, 7) is 2.74. The monoisotopic (exact) mass is 449 g/mol. The summed E-state index contributed by atoms with van der Waals surface area (Å²) in [4.78, 5) is 5.91. The molecule has 2 aliphatic carbocycles. The van der Waals surface area contributed by atoms with Crippen molar-refractivity contribution >= 4 is 22.8 Å². The molecule has 0 amide bonds. The van der Waals surface area contributed by atoms with Gasteiger partial charge in [0.1, 0.15) is 22.9 Å². The van der Waals surface area contributed by atoms with Crippen molar-refractivity contribution in [1.82, 2.24) is 9.38 Å². The molecule has 2 aliphatic rings. The predicted octanol–water partition coefficient (Wildman–Crippen LogP) is 6.64. The maximum absolute atomic E-state index is 5.69. The Morgan fingerprint density at radius 3 is 2.48 bits per heavy atom. The van der Waals surface area contributed by atoms with Crippen molar-refractivity contribution in [2.24, 2.45) is 0 Å². The van der Waals surface area contributed by atoms with E-state index < -0.39 is 0 Å². The molecule has 0 fully saturated rings. The van der Waals surface area contributed by atoms with E-state index in [4.69, 9.17) is 16.1 Å². The van der Waals surface area contributed by atoms with E-state index in [2.05, 4.69) is 65.0 Å². The van der Waals surface area contributed by atoms with Crippen LogP contribution in [0.1, 0.15) is 16.7 Å². The van der Waals surface area contributed by atoms with Crippen molar-refractivity contribution in [3.05, 3.63) is 95.0 Å². The summed E-state index contributed by atoms with van der Waals surface area (Å²) in [6, 6.07) is 22.6. The van der Waals surface area contributed by atoms with Gasteiger partial charge in [-0.25, -0.2) is 4.98 Å². The van der Waals surface area contributed by atoms with Gasteiger partial charge in [-0.15, -0.1) is 17.8 Å². The Hall–Kier alpha value is -4.01. The number of ether oxygens (including phenoxy) is 1. The van der Waals surface area contributed by atoms with Gasteiger partial charge in [-0.05, 0) is 64.9 Å². The minimum Gasteiger partial charge on any atom is -0.497 e. The molecule has 0 atom stereocenters. The number of fused-ring (bicyclic) bond motifs is 2. The van der Waals surface area contributed by atoms with Gasteiger partial charge in [-0.1, -0.05) is 42.3 Å². The molecule has 1 aromatic carbocycles. The number of nitrogens with zero attached hydrogens (tertiary/aromatic N) is 2. The Bertz CT molecular complexity index is 1450. The maximum atomic E-state index is 5.69. The van der Waals surface area contributed by atoms with Crippen LogP contribution in [0.5, 0.6) is 5.75 Å². The summed E-state index contributed by atoms with van der Waals surface area (Å²) in [5, 5.41) is 5.56. The van der Waals surface area contributed by atoms with Gasteiger partial charge in [0, 0.05) is 18.3 Å². The maximum Gasteiger partial charge on any atom is 0.142 e. The van der Waals surface area contributed by atoms with Gasteiger partial charge in [0.05, 0.1) is 12.0 Å². The molecule has 0 spiro atoms. The molecule has 0 aliphatic heterocycles. The zero-order chi connectivity index (χ0) is 22.8. The molecule has 5 heteroatoms. The molecule has 4 aromatic rings. The lowest BCUT2D eigenvalue weighted by molar-refractivity contribution is 0.414. The number of nitrogens with one attached hydrogen (secondary N) is 1. The molecule has 1 N–H and O–H groups in total. The van der Waals surface area contributed by atoms with Crippen LogP contribution in [-0.4, -0.2) is 16.5 Å². The van der Waals surface area contributed by atoms with Gasteiger partial charge >= 0.3 is 0 Å². The van der Waals surface area contributed by atoms with Crippen LogP contribution in [-0.2, 0) is 6.54 Å². The molecule has 0 unspecified atom stereocenters. The van der Waals surface area contributed by atoms with E-state index in [1.54, 1.807) is 18.4 Å². The van der Waals surface area contributed by atoms with Crippen LogP contribution in [0.2, 0.25) is 0 Å². The number of hydrogen-bond acceptors (Lipinski definition) is 4. The molecule has 6 rings (SSSR count). The summed E-state index contributed by atoms with van der Waals surface area (Å²) >= 11 is 1.61.